The van der Waals surface area contributed by atoms with Gasteiger partial charge < -0.3 is 14.6 Å². The van der Waals surface area contributed by atoms with Crippen LogP contribution in [0.3, 0.4) is 0 Å². The van der Waals surface area contributed by atoms with E-state index in [2.05, 4.69) is 15.0 Å². The Morgan fingerprint density at radius 2 is 2.28 bits per heavy atom. The number of anilines is 1. The third-order valence-electron chi connectivity index (χ3n) is 2.10. The zero-order chi connectivity index (χ0) is 12.8. The van der Waals surface area contributed by atoms with Crippen LogP contribution in [0, 0.1) is 11.3 Å². The molecule has 1 aromatic carbocycles. The van der Waals surface area contributed by atoms with Crippen molar-refractivity contribution in [3.05, 3.63) is 42.3 Å². The molecule has 0 aliphatic carbocycles. The van der Waals surface area contributed by atoms with Crippen molar-refractivity contribution in [1.82, 2.24) is 5.16 Å². The molecule has 1 aromatic heterocycles. The number of para-hydroxylation sites is 2. The molecule has 2 aromatic rings. The van der Waals surface area contributed by atoms with Gasteiger partial charge in [-0.25, -0.2) is 0 Å². The maximum atomic E-state index is 11.7. The van der Waals surface area contributed by atoms with Gasteiger partial charge in [0.15, 0.2) is 12.3 Å². The number of benzene rings is 1. The average molecular weight is 243 g/mol. The molecule has 0 aliphatic heterocycles. The number of aromatic nitrogens is 1. The standard InChI is InChI=1S/C12H9N3O3/c13-6-8-17-11-4-2-1-3-9(11)14-12(16)10-5-7-18-15-10/h1-5,7H,8H2,(H,14,16). The molecule has 90 valence electrons. The minimum Gasteiger partial charge on any atom is -0.477 e. The summed E-state index contributed by atoms with van der Waals surface area (Å²) in [6, 6.07) is 10.1. The van der Waals surface area contributed by atoms with E-state index in [0.29, 0.717) is 11.4 Å². The highest BCUT2D eigenvalue weighted by molar-refractivity contribution is 6.03. The highest BCUT2D eigenvalue weighted by Gasteiger charge is 2.11. The maximum absolute atomic E-state index is 11.7. The first-order valence-electron chi connectivity index (χ1n) is 5.12. The smallest absolute Gasteiger partial charge is 0.277 e. The Morgan fingerprint density at radius 1 is 1.44 bits per heavy atom. The number of nitriles is 1. The van der Waals surface area contributed by atoms with Gasteiger partial charge in [0.1, 0.15) is 18.1 Å². The molecule has 0 fully saturated rings. The topological polar surface area (TPSA) is 88.1 Å². The van der Waals surface area contributed by atoms with Crippen molar-refractivity contribution < 1.29 is 14.1 Å². The van der Waals surface area contributed by atoms with Crippen molar-refractivity contribution in [2.75, 3.05) is 11.9 Å². The maximum Gasteiger partial charge on any atom is 0.277 e. The Morgan fingerprint density at radius 3 is 3.00 bits per heavy atom. The van der Waals surface area contributed by atoms with Crippen LogP contribution in [0.5, 0.6) is 5.75 Å². The Balaban J connectivity index is 2.14. The summed E-state index contributed by atoms with van der Waals surface area (Å²) in [5.41, 5.74) is 0.644. The monoisotopic (exact) mass is 243 g/mol. The van der Waals surface area contributed by atoms with Gasteiger partial charge in [-0.3, -0.25) is 4.79 Å². The molecule has 0 aliphatic rings. The van der Waals surface area contributed by atoms with E-state index in [1.807, 2.05) is 6.07 Å². The largest absolute Gasteiger partial charge is 0.477 e. The lowest BCUT2D eigenvalue weighted by Crippen LogP contribution is -2.13. The normalized spacial score (nSPS) is 9.50. The molecule has 0 atom stereocenters. The first kappa shape index (κ1) is 11.7. The Hall–Kier alpha value is -2.81. The third kappa shape index (κ3) is 2.65. The average Bonchev–Trinajstić information content (AvgIpc) is 2.91. The number of nitrogens with zero attached hydrogens (tertiary/aromatic N) is 2. The Bertz CT molecular complexity index is 573. The summed E-state index contributed by atoms with van der Waals surface area (Å²) >= 11 is 0. The number of amides is 1. The van der Waals surface area contributed by atoms with Gasteiger partial charge in [-0.15, -0.1) is 0 Å². The summed E-state index contributed by atoms with van der Waals surface area (Å²) < 4.78 is 9.77. The molecule has 0 spiro atoms. The van der Waals surface area contributed by atoms with Crippen LogP contribution < -0.4 is 10.1 Å². The Labute approximate surface area is 103 Å². The third-order valence-corrected chi connectivity index (χ3v) is 2.10. The van der Waals surface area contributed by atoms with Crippen LogP contribution in [0.1, 0.15) is 10.5 Å². The molecule has 1 N–H and O–H groups in total. The summed E-state index contributed by atoms with van der Waals surface area (Å²) in [6.45, 7) is -0.0865. The number of carbonyl (C=O) groups is 1. The molecule has 1 heterocycles. The zero-order valence-electron chi connectivity index (χ0n) is 9.29. The lowest BCUT2D eigenvalue weighted by Gasteiger charge is -2.09. The molecule has 0 unspecified atom stereocenters. The fourth-order valence-corrected chi connectivity index (χ4v) is 1.32. The molecular weight excluding hydrogens is 234 g/mol. The van der Waals surface area contributed by atoms with Crippen LogP contribution >= 0.6 is 0 Å². The molecule has 0 radical (unpaired) electrons. The minimum atomic E-state index is -0.406. The second-order valence-corrected chi connectivity index (χ2v) is 3.28. The van der Waals surface area contributed by atoms with Crippen molar-refractivity contribution in [2.45, 2.75) is 0 Å². The summed E-state index contributed by atoms with van der Waals surface area (Å²) in [7, 11) is 0. The molecule has 18 heavy (non-hydrogen) atoms. The zero-order valence-corrected chi connectivity index (χ0v) is 9.29. The number of hydrogen-bond donors (Lipinski definition) is 1. The summed E-state index contributed by atoms with van der Waals surface area (Å²) in [4.78, 5) is 11.7. The van der Waals surface area contributed by atoms with E-state index < -0.39 is 5.91 Å². The van der Waals surface area contributed by atoms with E-state index in [4.69, 9.17) is 10.00 Å². The summed E-state index contributed by atoms with van der Waals surface area (Å²) in [5.74, 6) is 0.0210. The van der Waals surface area contributed by atoms with Crippen LogP contribution in [0.2, 0.25) is 0 Å². The molecule has 0 saturated carbocycles. The van der Waals surface area contributed by atoms with E-state index in [1.165, 1.54) is 12.3 Å². The fourth-order valence-electron chi connectivity index (χ4n) is 1.32. The molecular formula is C12H9N3O3. The van der Waals surface area contributed by atoms with Crippen LogP contribution in [0.15, 0.2) is 41.1 Å². The molecule has 2 rings (SSSR count). The predicted molar refractivity (Wildman–Crippen MR) is 62.0 cm³/mol. The second-order valence-electron chi connectivity index (χ2n) is 3.28. The SMILES string of the molecule is N#CCOc1ccccc1NC(=O)c1ccon1. The van der Waals surface area contributed by atoms with Crippen molar-refractivity contribution in [2.24, 2.45) is 0 Å². The number of carbonyl (C=O) groups excluding carboxylic acids is 1. The van der Waals surface area contributed by atoms with Gasteiger partial charge in [-0.05, 0) is 12.1 Å². The summed E-state index contributed by atoms with van der Waals surface area (Å²) in [6.07, 6.45) is 1.31. The predicted octanol–water partition coefficient (Wildman–Crippen LogP) is 1.83. The lowest BCUT2D eigenvalue weighted by atomic mass is 10.3. The van der Waals surface area contributed by atoms with Crippen molar-refractivity contribution in [3.8, 4) is 11.8 Å². The fraction of sp³-hybridized carbons (Fsp3) is 0.0833. The van der Waals surface area contributed by atoms with Crippen LogP contribution in [0.4, 0.5) is 5.69 Å². The second kappa shape index (κ2) is 5.50. The first-order chi connectivity index (χ1) is 8.81. The summed E-state index contributed by atoms with van der Waals surface area (Å²) in [5, 5.41) is 14.6. The van der Waals surface area contributed by atoms with E-state index in [0.717, 1.165) is 0 Å². The first-order valence-corrected chi connectivity index (χ1v) is 5.12. The van der Waals surface area contributed by atoms with Gasteiger partial charge in [0, 0.05) is 6.07 Å². The van der Waals surface area contributed by atoms with Crippen LogP contribution in [-0.2, 0) is 0 Å². The van der Waals surface area contributed by atoms with E-state index in [9.17, 15) is 4.79 Å². The van der Waals surface area contributed by atoms with Crippen molar-refractivity contribution in [1.29, 1.82) is 5.26 Å². The molecule has 0 saturated heterocycles. The quantitative estimate of drug-likeness (QED) is 0.884. The number of hydrogen-bond acceptors (Lipinski definition) is 5. The minimum absolute atomic E-state index is 0.0865. The highest BCUT2D eigenvalue weighted by Crippen LogP contribution is 2.23. The number of nitrogens with one attached hydrogen (secondary N) is 1. The van der Waals surface area contributed by atoms with Crippen molar-refractivity contribution in [3.63, 3.8) is 0 Å². The van der Waals surface area contributed by atoms with Crippen LogP contribution in [-0.4, -0.2) is 17.7 Å². The highest BCUT2D eigenvalue weighted by atomic mass is 16.5. The number of rotatable bonds is 4. The number of ether oxygens (including phenoxy) is 1. The van der Waals surface area contributed by atoms with E-state index in [1.54, 1.807) is 24.3 Å². The van der Waals surface area contributed by atoms with E-state index >= 15 is 0 Å². The van der Waals surface area contributed by atoms with Gasteiger partial charge in [0.2, 0.25) is 0 Å². The molecule has 6 nitrogen and oxygen atoms in total. The van der Waals surface area contributed by atoms with E-state index in [-0.39, 0.29) is 12.3 Å². The molecule has 0 bridgehead atoms. The van der Waals surface area contributed by atoms with Gasteiger partial charge >= 0.3 is 0 Å². The molecule has 6 heteroatoms. The van der Waals surface area contributed by atoms with Gasteiger partial charge in [0.05, 0.1) is 5.69 Å². The molecule has 1 amide bonds. The van der Waals surface area contributed by atoms with Gasteiger partial charge in [-0.2, -0.15) is 5.26 Å². The van der Waals surface area contributed by atoms with Gasteiger partial charge in [-0.1, -0.05) is 17.3 Å². The Kier molecular flexibility index (Phi) is 3.56. The van der Waals surface area contributed by atoms with Crippen molar-refractivity contribution >= 4 is 11.6 Å². The van der Waals surface area contributed by atoms with Gasteiger partial charge in [0.25, 0.3) is 5.91 Å². The van der Waals surface area contributed by atoms with Crippen LogP contribution in [0.25, 0.3) is 0 Å². The lowest BCUT2D eigenvalue weighted by molar-refractivity contribution is 0.101.